The highest BCUT2D eigenvalue weighted by Crippen LogP contribution is 2.39. The monoisotopic (exact) mass is 313 g/mol. The van der Waals surface area contributed by atoms with Gasteiger partial charge >= 0.3 is 0 Å². The zero-order chi connectivity index (χ0) is 16.5. The van der Waals surface area contributed by atoms with Crippen molar-refractivity contribution >= 4 is 17.0 Å². The molecule has 2 heteroatoms. The van der Waals surface area contributed by atoms with Crippen LogP contribution in [0.3, 0.4) is 0 Å². The van der Waals surface area contributed by atoms with Gasteiger partial charge in [-0.05, 0) is 36.5 Å². The van der Waals surface area contributed by atoms with E-state index in [9.17, 15) is 4.79 Å². The van der Waals surface area contributed by atoms with Crippen LogP contribution in [0.1, 0.15) is 24.0 Å². The summed E-state index contributed by atoms with van der Waals surface area (Å²) >= 11 is 0. The van der Waals surface area contributed by atoms with Crippen molar-refractivity contribution in [1.29, 1.82) is 0 Å². The zero-order valence-electron chi connectivity index (χ0n) is 13.5. The van der Waals surface area contributed by atoms with E-state index in [1.807, 2.05) is 54.6 Å². The third-order valence-electron chi connectivity index (χ3n) is 4.48. The lowest BCUT2D eigenvalue weighted by atomic mass is 9.86. The molecule has 0 spiro atoms. The van der Waals surface area contributed by atoms with E-state index in [-0.39, 0.29) is 5.78 Å². The third kappa shape index (κ3) is 2.71. The van der Waals surface area contributed by atoms with Gasteiger partial charge < -0.3 is 5.32 Å². The minimum absolute atomic E-state index is 0.0211. The summed E-state index contributed by atoms with van der Waals surface area (Å²) in [5, 5.41) is 3.29. The number of fused-ring (bicyclic) bond motifs is 1. The number of allylic oxidation sites excluding steroid dienone is 3. The lowest BCUT2D eigenvalue weighted by Gasteiger charge is -2.25. The zero-order valence-corrected chi connectivity index (χ0v) is 13.5. The molecule has 1 aliphatic heterocycles. The second kappa shape index (κ2) is 5.97. The summed E-state index contributed by atoms with van der Waals surface area (Å²) < 4.78 is 0. The highest BCUT2D eigenvalue weighted by atomic mass is 16.1. The van der Waals surface area contributed by atoms with Crippen LogP contribution in [-0.2, 0) is 4.79 Å². The minimum atomic E-state index is 0.0211. The Morgan fingerprint density at radius 1 is 1.04 bits per heavy atom. The van der Waals surface area contributed by atoms with Gasteiger partial charge in [0.05, 0.1) is 5.57 Å². The Morgan fingerprint density at radius 2 is 1.75 bits per heavy atom. The molecule has 1 heterocycles. The lowest BCUT2D eigenvalue weighted by Crippen LogP contribution is -2.17. The molecule has 2 aromatic carbocycles. The number of benzene rings is 2. The van der Waals surface area contributed by atoms with Crippen LogP contribution in [-0.4, -0.2) is 5.78 Å². The van der Waals surface area contributed by atoms with E-state index in [2.05, 4.69) is 18.0 Å². The van der Waals surface area contributed by atoms with Gasteiger partial charge in [-0.25, -0.2) is 0 Å². The van der Waals surface area contributed by atoms with Crippen molar-refractivity contribution in [2.45, 2.75) is 12.8 Å². The quantitative estimate of drug-likeness (QED) is 0.808. The van der Waals surface area contributed by atoms with Crippen molar-refractivity contribution in [3.8, 4) is 0 Å². The highest BCUT2D eigenvalue weighted by molar-refractivity contribution is 6.17. The van der Waals surface area contributed by atoms with Gasteiger partial charge in [0.2, 0.25) is 0 Å². The molecule has 1 saturated carbocycles. The number of hydrogen-bond acceptors (Lipinski definition) is 2. The summed E-state index contributed by atoms with van der Waals surface area (Å²) in [5.74, 6) is 0.597. The Bertz CT molecular complexity index is 870. The molecule has 0 amide bonds. The predicted molar refractivity (Wildman–Crippen MR) is 98.5 cm³/mol. The topological polar surface area (TPSA) is 29.1 Å². The van der Waals surface area contributed by atoms with Crippen LogP contribution in [0.15, 0.2) is 84.6 Å². The molecule has 0 aromatic heterocycles. The predicted octanol–water partition coefficient (Wildman–Crippen LogP) is 4.96. The minimum Gasteiger partial charge on any atom is -0.355 e. The summed E-state index contributed by atoms with van der Waals surface area (Å²) in [6, 6.07) is 18.1. The first-order valence-electron chi connectivity index (χ1n) is 8.32. The number of carbonyl (C=O) groups is 1. The Balaban J connectivity index is 1.90. The lowest BCUT2D eigenvalue weighted by molar-refractivity contribution is -0.111. The summed E-state index contributed by atoms with van der Waals surface area (Å²) in [7, 11) is 0. The van der Waals surface area contributed by atoms with Gasteiger partial charge in [0.15, 0.2) is 5.78 Å². The maximum Gasteiger partial charge on any atom is 0.188 e. The first-order valence-corrected chi connectivity index (χ1v) is 8.32. The number of para-hydroxylation sites is 1. The number of rotatable bonds is 4. The van der Waals surface area contributed by atoms with Crippen LogP contribution in [0.4, 0.5) is 5.69 Å². The Hall–Kier alpha value is -2.87. The number of anilines is 1. The molecule has 2 aromatic rings. The van der Waals surface area contributed by atoms with E-state index in [1.54, 1.807) is 6.08 Å². The summed E-state index contributed by atoms with van der Waals surface area (Å²) in [5.41, 5.74) is 5.36. The van der Waals surface area contributed by atoms with Gasteiger partial charge in [-0.3, -0.25) is 4.79 Å². The second-order valence-electron chi connectivity index (χ2n) is 6.33. The summed E-state index contributed by atoms with van der Waals surface area (Å²) in [6.07, 6.45) is 6.13. The average Bonchev–Trinajstić information content (AvgIpc) is 3.43. The first-order chi connectivity index (χ1) is 11.7. The fourth-order valence-electron chi connectivity index (χ4n) is 3.09. The van der Waals surface area contributed by atoms with E-state index in [4.69, 9.17) is 0 Å². The van der Waals surface area contributed by atoms with Gasteiger partial charge in [0.1, 0.15) is 0 Å². The molecule has 1 fully saturated rings. The molecule has 1 N–H and O–H groups in total. The molecule has 0 unspecified atom stereocenters. The van der Waals surface area contributed by atoms with Crippen LogP contribution >= 0.6 is 0 Å². The molecular formula is C22H19NO. The standard InChI is InChI=1S/C22H19NO/c1-15-21(20(24)14-13-16-11-12-16)22(17-7-3-2-4-8-17)18-9-5-6-10-19(18)23-15/h2-10,13-14,16,23H,1,11-12H2/b14-13+. The molecule has 0 atom stereocenters. The van der Waals surface area contributed by atoms with Crippen molar-refractivity contribution in [1.82, 2.24) is 0 Å². The molecule has 0 radical (unpaired) electrons. The molecule has 24 heavy (non-hydrogen) atoms. The fourth-order valence-corrected chi connectivity index (χ4v) is 3.09. The van der Waals surface area contributed by atoms with E-state index < -0.39 is 0 Å². The summed E-state index contributed by atoms with van der Waals surface area (Å²) in [4.78, 5) is 12.9. The molecule has 2 aliphatic rings. The number of ketones is 1. The van der Waals surface area contributed by atoms with Gasteiger partial charge in [0.25, 0.3) is 0 Å². The molecule has 1 aliphatic carbocycles. The number of carbonyl (C=O) groups excluding carboxylic acids is 1. The Morgan fingerprint density at radius 3 is 2.50 bits per heavy atom. The maximum absolute atomic E-state index is 12.9. The fraction of sp³-hybridized carbons (Fsp3) is 0.136. The SMILES string of the molecule is C=C1Nc2ccccc2C(c2ccccc2)=C1C(=O)/C=C/C1CC1. The molecule has 0 bridgehead atoms. The van der Waals surface area contributed by atoms with Crippen molar-refractivity contribution in [2.75, 3.05) is 5.32 Å². The molecule has 4 rings (SSSR count). The van der Waals surface area contributed by atoms with Gasteiger partial charge in [-0.2, -0.15) is 0 Å². The Labute approximate surface area is 142 Å². The van der Waals surface area contributed by atoms with Gasteiger partial charge in [0, 0.05) is 22.5 Å². The van der Waals surface area contributed by atoms with E-state index in [0.29, 0.717) is 17.2 Å². The smallest absolute Gasteiger partial charge is 0.188 e. The number of hydrogen-bond donors (Lipinski definition) is 1. The number of nitrogens with one attached hydrogen (secondary N) is 1. The van der Waals surface area contributed by atoms with Crippen molar-refractivity contribution < 1.29 is 4.79 Å². The van der Waals surface area contributed by atoms with Crippen LogP contribution < -0.4 is 5.32 Å². The maximum atomic E-state index is 12.9. The Kier molecular flexibility index (Phi) is 3.66. The molecule has 2 nitrogen and oxygen atoms in total. The second-order valence-corrected chi connectivity index (χ2v) is 6.33. The van der Waals surface area contributed by atoms with Crippen LogP contribution in [0.2, 0.25) is 0 Å². The van der Waals surface area contributed by atoms with Gasteiger partial charge in [-0.15, -0.1) is 0 Å². The average molecular weight is 313 g/mol. The van der Waals surface area contributed by atoms with Crippen molar-refractivity contribution in [3.05, 3.63) is 95.7 Å². The van der Waals surface area contributed by atoms with Gasteiger partial charge in [-0.1, -0.05) is 61.2 Å². The third-order valence-corrected chi connectivity index (χ3v) is 4.48. The van der Waals surface area contributed by atoms with Crippen molar-refractivity contribution in [2.24, 2.45) is 5.92 Å². The van der Waals surface area contributed by atoms with Crippen LogP contribution in [0.25, 0.3) is 5.57 Å². The van der Waals surface area contributed by atoms with E-state index >= 15 is 0 Å². The van der Waals surface area contributed by atoms with Crippen molar-refractivity contribution in [3.63, 3.8) is 0 Å². The van der Waals surface area contributed by atoms with Crippen LogP contribution in [0.5, 0.6) is 0 Å². The van der Waals surface area contributed by atoms with E-state index in [1.165, 1.54) is 12.8 Å². The normalized spacial score (nSPS) is 16.9. The highest BCUT2D eigenvalue weighted by Gasteiger charge is 2.26. The molecular weight excluding hydrogens is 294 g/mol. The van der Waals surface area contributed by atoms with E-state index in [0.717, 1.165) is 22.4 Å². The molecule has 0 saturated heterocycles. The van der Waals surface area contributed by atoms with Crippen LogP contribution in [0, 0.1) is 5.92 Å². The first kappa shape index (κ1) is 14.7. The largest absolute Gasteiger partial charge is 0.355 e. The summed E-state index contributed by atoms with van der Waals surface area (Å²) in [6.45, 7) is 4.11. The molecule has 118 valence electrons.